The fraction of sp³-hybridized carbons (Fsp3) is 1.00. The van der Waals surface area contributed by atoms with Gasteiger partial charge in [0.05, 0.1) is 0 Å². The molecule has 0 bridgehead atoms. The smallest absolute Gasteiger partial charge is 0.680 e. The Balaban J connectivity index is 0. The number of rotatable bonds is 4. The molecule has 1 nitrogen and oxygen atoms in total. The second kappa shape index (κ2) is 6.01. The van der Waals surface area contributed by atoms with Gasteiger partial charge in [0, 0.05) is 15.2 Å². The molecule has 0 spiro atoms. The molecule has 0 radical (unpaired) electrons. The number of hydrogen-bond acceptors (Lipinski definition) is 0. The van der Waals surface area contributed by atoms with E-state index in [1.165, 1.54) is 0 Å². The molecule has 0 saturated heterocycles. The minimum atomic E-state index is -0.728. The van der Waals surface area contributed by atoms with Crippen molar-refractivity contribution in [1.29, 1.82) is 0 Å². The van der Waals surface area contributed by atoms with Gasteiger partial charge in [0.1, 0.15) is 0 Å². The van der Waals surface area contributed by atoms with Crippen molar-refractivity contribution in [2.45, 2.75) is 39.3 Å². The molecule has 0 fully saturated rings. The molecular formula is C6H22LiNSi4. The van der Waals surface area contributed by atoms with Gasteiger partial charge in [-0.3, -0.25) is 0 Å². The Labute approximate surface area is 96.1 Å². The SMILES string of the molecule is C[Si](C)(C)[SiH2][N-][SiH2][Si](C)(C)C.[Li+]. The zero-order valence-electron chi connectivity index (χ0n) is 9.86. The Bertz CT molecular complexity index is 104. The van der Waals surface area contributed by atoms with E-state index < -0.39 is 15.2 Å². The van der Waals surface area contributed by atoms with E-state index in [9.17, 15) is 0 Å². The Kier molecular flexibility index (Phi) is 7.95. The van der Waals surface area contributed by atoms with Crippen LogP contribution in [0.5, 0.6) is 0 Å². The van der Waals surface area contributed by atoms with Crippen LogP contribution in [0.1, 0.15) is 0 Å². The van der Waals surface area contributed by atoms with Crippen LogP contribution in [0, 0.1) is 0 Å². The van der Waals surface area contributed by atoms with Crippen molar-refractivity contribution in [2.24, 2.45) is 0 Å². The van der Waals surface area contributed by atoms with Crippen LogP contribution in [-0.4, -0.2) is 33.6 Å². The van der Waals surface area contributed by atoms with Gasteiger partial charge < -0.3 is 4.65 Å². The minimum absolute atomic E-state index is 0. The average Bonchev–Trinajstić information content (AvgIpc) is 1.55. The largest absolute Gasteiger partial charge is 1.00 e. The van der Waals surface area contributed by atoms with Gasteiger partial charge in [-0.2, -0.15) is 0 Å². The first-order valence-electron chi connectivity index (χ1n) is 4.34. The third-order valence-electron chi connectivity index (χ3n) is 1.17. The van der Waals surface area contributed by atoms with Crippen molar-refractivity contribution in [2.75, 3.05) is 0 Å². The van der Waals surface area contributed by atoms with E-state index in [1.54, 1.807) is 0 Å². The Morgan fingerprint density at radius 3 is 1.17 bits per heavy atom. The summed E-state index contributed by atoms with van der Waals surface area (Å²) in [6, 6.07) is 0. The molecule has 0 atom stereocenters. The molecule has 0 aromatic rings. The molecule has 0 aromatic carbocycles. The standard InChI is InChI=1S/C6H22NSi4.Li/c1-10(2,3)8-7-9-11(4,5)6;/h8-9H2,1-6H3;/q-1;+1. The molecule has 0 saturated carbocycles. The molecule has 0 unspecified atom stereocenters. The monoisotopic (exact) mass is 227 g/mol. The fourth-order valence-electron chi connectivity index (χ4n) is 0.727. The molecule has 6 heteroatoms. The maximum atomic E-state index is 4.92. The van der Waals surface area contributed by atoms with E-state index in [-0.39, 0.29) is 37.3 Å². The molecule has 0 rings (SSSR count). The van der Waals surface area contributed by atoms with Crippen LogP contribution in [0.2, 0.25) is 39.3 Å². The summed E-state index contributed by atoms with van der Waals surface area (Å²) in [5, 5.41) is 0. The van der Waals surface area contributed by atoms with E-state index >= 15 is 0 Å². The van der Waals surface area contributed by atoms with Gasteiger partial charge in [-0.1, -0.05) is 57.7 Å². The summed E-state index contributed by atoms with van der Waals surface area (Å²) in [4.78, 5) is 0. The van der Waals surface area contributed by atoms with Crippen LogP contribution in [0.15, 0.2) is 0 Å². The molecule has 0 aliphatic heterocycles. The van der Waals surface area contributed by atoms with E-state index in [4.69, 9.17) is 4.65 Å². The zero-order chi connectivity index (χ0) is 9.12. The molecule has 0 aliphatic rings. The topological polar surface area (TPSA) is 14.1 Å². The van der Waals surface area contributed by atoms with Gasteiger partial charge in [-0.15, -0.1) is 0 Å². The third kappa shape index (κ3) is 14.0. The summed E-state index contributed by atoms with van der Waals surface area (Å²) in [5.74, 6) is 0. The normalized spacial score (nSPS) is 14.5. The van der Waals surface area contributed by atoms with Crippen LogP contribution in [-0.2, 0) is 0 Å². The van der Waals surface area contributed by atoms with Gasteiger partial charge in [0.25, 0.3) is 0 Å². The van der Waals surface area contributed by atoms with E-state index in [0.717, 1.165) is 0 Å². The van der Waals surface area contributed by atoms with Crippen LogP contribution in [0.4, 0.5) is 0 Å². The summed E-state index contributed by atoms with van der Waals surface area (Å²) < 4.78 is 4.92. The van der Waals surface area contributed by atoms with Gasteiger partial charge in [-0.25, -0.2) is 0 Å². The van der Waals surface area contributed by atoms with Crippen LogP contribution in [0.3, 0.4) is 0 Å². The molecule has 0 aromatic heterocycles. The van der Waals surface area contributed by atoms with Crippen LogP contribution in [0.25, 0.3) is 4.65 Å². The van der Waals surface area contributed by atoms with Crippen LogP contribution < -0.4 is 18.9 Å². The van der Waals surface area contributed by atoms with Crippen molar-refractivity contribution in [3.8, 4) is 0 Å². The maximum Gasteiger partial charge on any atom is 1.00 e. The summed E-state index contributed by atoms with van der Waals surface area (Å²) in [6.45, 7) is 14.8. The predicted octanol–water partition coefficient (Wildman–Crippen LogP) is -1.80. The minimum Gasteiger partial charge on any atom is -0.680 e. The first-order chi connectivity index (χ1) is 4.71. The molecule has 0 aliphatic carbocycles. The molecule has 68 valence electrons. The third-order valence-corrected chi connectivity index (χ3v) is 14.6. The first kappa shape index (κ1) is 15.9. The molecular weight excluding hydrogens is 205 g/mol. The quantitative estimate of drug-likeness (QED) is 0.504. The summed E-state index contributed by atoms with van der Waals surface area (Å²) >= 11 is 0. The van der Waals surface area contributed by atoms with Gasteiger partial charge >= 0.3 is 18.9 Å². The van der Waals surface area contributed by atoms with Gasteiger partial charge in [0.15, 0.2) is 0 Å². The summed E-state index contributed by atoms with van der Waals surface area (Å²) in [7, 11) is -1.40. The molecule has 0 N–H and O–H groups in total. The van der Waals surface area contributed by atoms with E-state index in [2.05, 4.69) is 39.3 Å². The number of nitrogens with zero attached hydrogens (tertiary/aromatic N) is 1. The van der Waals surface area contributed by atoms with Crippen molar-refractivity contribution in [1.82, 2.24) is 0 Å². The zero-order valence-corrected chi connectivity index (χ0v) is 14.7. The van der Waals surface area contributed by atoms with Gasteiger partial charge in [0.2, 0.25) is 0 Å². The van der Waals surface area contributed by atoms with Crippen molar-refractivity contribution in [3.05, 3.63) is 4.65 Å². The number of hydrogen-bond donors (Lipinski definition) is 0. The summed E-state index contributed by atoms with van der Waals surface area (Å²) in [6.07, 6.45) is 0. The van der Waals surface area contributed by atoms with Crippen molar-refractivity contribution >= 4 is 33.6 Å². The fourth-order valence-corrected chi connectivity index (χ4v) is 22.6. The van der Waals surface area contributed by atoms with Crippen molar-refractivity contribution < 1.29 is 18.9 Å². The van der Waals surface area contributed by atoms with E-state index in [1.807, 2.05) is 0 Å². The van der Waals surface area contributed by atoms with Crippen LogP contribution >= 0.6 is 0 Å². The maximum absolute atomic E-state index is 4.92. The average molecular weight is 228 g/mol. The molecule has 0 amide bonds. The molecule has 12 heavy (non-hydrogen) atoms. The Hall–Kier alpha value is 1.42. The van der Waals surface area contributed by atoms with E-state index in [0.29, 0.717) is 0 Å². The first-order valence-corrected chi connectivity index (χ1v) is 17.3. The Morgan fingerprint density at radius 2 is 1.00 bits per heavy atom. The second-order valence-electron chi connectivity index (χ2n) is 5.66. The second-order valence-corrected chi connectivity index (χ2v) is 33.0. The summed E-state index contributed by atoms with van der Waals surface area (Å²) in [5.41, 5.74) is 0. The predicted molar refractivity (Wildman–Crippen MR) is 67.1 cm³/mol. The Morgan fingerprint density at radius 1 is 0.750 bits per heavy atom. The van der Waals surface area contributed by atoms with Gasteiger partial charge in [-0.05, 0) is 0 Å². The van der Waals surface area contributed by atoms with Crippen molar-refractivity contribution in [3.63, 3.8) is 0 Å². The molecule has 0 heterocycles.